The van der Waals surface area contributed by atoms with Crippen molar-refractivity contribution in [3.63, 3.8) is 0 Å². The number of rotatable bonds is 7. The molecule has 6 nitrogen and oxygen atoms in total. The average Bonchev–Trinajstić information content (AvgIpc) is 3.47. The van der Waals surface area contributed by atoms with E-state index >= 15 is 0 Å². The lowest BCUT2D eigenvalue weighted by Crippen LogP contribution is -2.41. The number of nitrogens with zero attached hydrogens (tertiary/aromatic N) is 3. The number of carbonyl (C=O) groups excluding carboxylic acids is 1. The summed E-state index contributed by atoms with van der Waals surface area (Å²) in [7, 11) is 0. The summed E-state index contributed by atoms with van der Waals surface area (Å²) >= 11 is 0. The summed E-state index contributed by atoms with van der Waals surface area (Å²) in [4.78, 5) is 21.0. The van der Waals surface area contributed by atoms with Gasteiger partial charge in [0.05, 0.1) is 29.3 Å². The number of imidazole rings is 1. The van der Waals surface area contributed by atoms with Crippen LogP contribution in [0.25, 0.3) is 5.78 Å². The Morgan fingerprint density at radius 3 is 2.27 bits per heavy atom. The van der Waals surface area contributed by atoms with Gasteiger partial charge in [-0.2, -0.15) is 13.2 Å². The van der Waals surface area contributed by atoms with Crippen molar-refractivity contribution < 1.29 is 26.7 Å². The van der Waals surface area contributed by atoms with Crippen molar-refractivity contribution in [2.75, 3.05) is 0 Å². The zero-order chi connectivity index (χ0) is 24.1. The summed E-state index contributed by atoms with van der Waals surface area (Å²) in [5, 5.41) is 0. The van der Waals surface area contributed by atoms with Crippen molar-refractivity contribution in [1.82, 2.24) is 14.4 Å². The van der Waals surface area contributed by atoms with E-state index in [1.165, 1.54) is 0 Å². The monoisotopic (exact) mass is 473 g/mol. The minimum absolute atomic E-state index is 0.108. The van der Waals surface area contributed by atoms with Gasteiger partial charge >= 0.3 is 6.18 Å². The smallest absolute Gasteiger partial charge is 0.369 e. The van der Waals surface area contributed by atoms with E-state index in [2.05, 4.69) is 9.97 Å². The number of carbonyl (C=O) groups is 1. The first-order valence-corrected chi connectivity index (χ1v) is 11.2. The van der Waals surface area contributed by atoms with Gasteiger partial charge in [0.2, 0.25) is 17.6 Å². The van der Waals surface area contributed by atoms with Crippen LogP contribution in [0.1, 0.15) is 68.8 Å². The highest BCUT2D eigenvalue weighted by molar-refractivity contribution is 5.78. The maximum atomic E-state index is 13.5. The van der Waals surface area contributed by atoms with Crippen molar-refractivity contribution in [3.8, 4) is 0 Å². The third kappa shape index (κ3) is 4.97. The van der Waals surface area contributed by atoms with Crippen molar-refractivity contribution in [2.24, 2.45) is 35.1 Å². The molecule has 0 saturated heterocycles. The number of hydrogen-bond acceptors (Lipinski definition) is 4. The predicted octanol–water partition coefficient (Wildman–Crippen LogP) is 4.35. The van der Waals surface area contributed by atoms with E-state index < -0.39 is 41.8 Å². The lowest BCUT2D eigenvalue weighted by atomic mass is 9.77. The van der Waals surface area contributed by atoms with Crippen LogP contribution in [0.4, 0.5) is 22.0 Å². The van der Waals surface area contributed by atoms with Crippen LogP contribution in [0.15, 0.2) is 18.5 Å². The highest BCUT2D eigenvalue weighted by Gasteiger charge is 2.51. The number of primary amides is 1. The molecule has 4 rings (SSSR count). The van der Waals surface area contributed by atoms with Crippen LogP contribution in [-0.2, 0) is 4.79 Å². The van der Waals surface area contributed by atoms with Gasteiger partial charge in [-0.1, -0.05) is 6.92 Å². The first-order chi connectivity index (χ1) is 15.4. The Bertz CT molecular complexity index is 1010. The summed E-state index contributed by atoms with van der Waals surface area (Å²) in [6, 6.07) is 1.04. The van der Waals surface area contributed by atoms with E-state index in [1.54, 1.807) is 22.9 Å². The fourth-order valence-electron chi connectivity index (χ4n) is 5.03. The van der Waals surface area contributed by atoms with Gasteiger partial charge < -0.3 is 11.5 Å². The van der Waals surface area contributed by atoms with Gasteiger partial charge in [0.1, 0.15) is 0 Å². The third-order valence-corrected chi connectivity index (χ3v) is 7.22. The van der Waals surface area contributed by atoms with E-state index in [9.17, 15) is 26.7 Å². The lowest BCUT2D eigenvalue weighted by molar-refractivity contribution is -0.188. The topological polar surface area (TPSA) is 99.3 Å². The Morgan fingerprint density at radius 1 is 1.12 bits per heavy atom. The molecule has 2 aromatic rings. The highest BCUT2D eigenvalue weighted by atomic mass is 19.4. The molecular formula is C22H28F5N5O. The number of hydrogen-bond donors (Lipinski definition) is 2. The molecule has 2 aliphatic carbocycles. The molecule has 11 heteroatoms. The van der Waals surface area contributed by atoms with E-state index in [4.69, 9.17) is 11.5 Å². The molecule has 1 amide bonds. The number of nitrogens with two attached hydrogens (primary N) is 2. The minimum atomic E-state index is -4.57. The second-order valence-corrected chi connectivity index (χ2v) is 9.57. The Kier molecular flexibility index (Phi) is 6.13. The number of alkyl halides is 5. The molecule has 0 aromatic carbocycles. The molecule has 2 saturated carbocycles. The highest BCUT2D eigenvalue weighted by Crippen LogP contribution is 2.50. The van der Waals surface area contributed by atoms with Crippen LogP contribution >= 0.6 is 0 Å². The molecule has 2 aromatic heterocycles. The van der Waals surface area contributed by atoms with E-state index in [0.717, 1.165) is 6.92 Å². The van der Waals surface area contributed by atoms with Gasteiger partial charge in [0.15, 0.2) is 0 Å². The maximum Gasteiger partial charge on any atom is 0.392 e. The fourth-order valence-corrected chi connectivity index (χ4v) is 5.03. The van der Waals surface area contributed by atoms with Crippen LogP contribution in [-0.4, -0.2) is 32.4 Å². The molecule has 0 bridgehead atoms. The third-order valence-electron chi connectivity index (χ3n) is 7.22. The maximum absolute atomic E-state index is 13.5. The Balaban J connectivity index is 1.62. The molecule has 182 valence electrons. The number of aromatic nitrogens is 3. The van der Waals surface area contributed by atoms with Crippen LogP contribution in [0.2, 0.25) is 0 Å². The molecule has 0 aliphatic heterocycles. The normalized spacial score (nSPS) is 23.2. The number of fused-ring (bicyclic) bond motifs is 1. The quantitative estimate of drug-likeness (QED) is 0.584. The van der Waals surface area contributed by atoms with Crippen LogP contribution < -0.4 is 11.5 Å². The van der Waals surface area contributed by atoms with Crippen LogP contribution in [0.5, 0.6) is 0 Å². The SMILES string of the molecule is CC(C(C(N)=O)[C@H](c1ccn2cc([C@@H](N)C3CCC(F)(F)CC3)nc2n1)C1CC1)C(F)(F)F. The van der Waals surface area contributed by atoms with Crippen molar-refractivity contribution in [2.45, 2.75) is 69.5 Å². The molecule has 0 radical (unpaired) electrons. The summed E-state index contributed by atoms with van der Waals surface area (Å²) < 4.78 is 69.0. The molecule has 2 fully saturated rings. The Morgan fingerprint density at radius 2 is 1.73 bits per heavy atom. The van der Waals surface area contributed by atoms with E-state index in [-0.39, 0.29) is 30.5 Å². The zero-order valence-electron chi connectivity index (χ0n) is 18.2. The van der Waals surface area contributed by atoms with Gasteiger partial charge in [0, 0.05) is 31.2 Å². The molecule has 2 aliphatic rings. The van der Waals surface area contributed by atoms with Gasteiger partial charge in [-0.3, -0.25) is 9.20 Å². The molecule has 2 unspecified atom stereocenters. The first kappa shape index (κ1) is 23.8. The Hall–Kier alpha value is -2.30. The fraction of sp³-hybridized carbons (Fsp3) is 0.682. The van der Waals surface area contributed by atoms with Gasteiger partial charge in [-0.05, 0) is 43.6 Å². The van der Waals surface area contributed by atoms with Crippen LogP contribution in [0, 0.1) is 23.7 Å². The minimum Gasteiger partial charge on any atom is -0.369 e. The Labute approximate surface area is 187 Å². The standard InChI is InChI=1S/C22H28F5N5O/c1-11(22(25,26)27)16(19(29)33)17(12-2-3-12)14-6-9-32-10-15(31-20(32)30-14)18(28)13-4-7-21(23,24)8-5-13/h6,9-13,16-18H,2-5,7-8,28H2,1H3,(H2,29,33)/t11?,16?,17-,18-/m0/s1. The molecule has 33 heavy (non-hydrogen) atoms. The van der Waals surface area contributed by atoms with Crippen molar-refractivity contribution in [1.29, 1.82) is 0 Å². The zero-order valence-corrected chi connectivity index (χ0v) is 18.2. The summed E-state index contributed by atoms with van der Waals surface area (Å²) in [6.45, 7) is 0.976. The summed E-state index contributed by atoms with van der Waals surface area (Å²) in [5.41, 5.74) is 12.6. The van der Waals surface area contributed by atoms with Gasteiger partial charge in [0.25, 0.3) is 0 Å². The van der Waals surface area contributed by atoms with Gasteiger partial charge in [-0.25, -0.2) is 18.7 Å². The van der Waals surface area contributed by atoms with Crippen molar-refractivity contribution in [3.05, 3.63) is 29.8 Å². The number of amides is 1. The predicted molar refractivity (Wildman–Crippen MR) is 110 cm³/mol. The van der Waals surface area contributed by atoms with Crippen molar-refractivity contribution >= 4 is 11.7 Å². The molecule has 2 heterocycles. The number of halogens is 5. The second kappa shape index (κ2) is 8.48. The summed E-state index contributed by atoms with van der Waals surface area (Å²) in [6.07, 6.45) is 0.278. The lowest BCUT2D eigenvalue weighted by Gasteiger charge is -2.31. The largest absolute Gasteiger partial charge is 0.392 e. The van der Waals surface area contributed by atoms with Crippen LogP contribution in [0.3, 0.4) is 0 Å². The summed E-state index contributed by atoms with van der Waals surface area (Å²) in [5.74, 6) is -7.78. The molecule has 4 N–H and O–H groups in total. The van der Waals surface area contributed by atoms with Gasteiger partial charge in [-0.15, -0.1) is 0 Å². The van der Waals surface area contributed by atoms with E-state index in [1.807, 2.05) is 0 Å². The molecule has 0 spiro atoms. The first-order valence-electron chi connectivity index (χ1n) is 11.2. The van der Waals surface area contributed by atoms with E-state index in [0.29, 0.717) is 37.1 Å². The second-order valence-electron chi connectivity index (χ2n) is 9.57. The molecular weight excluding hydrogens is 445 g/mol. The molecule has 4 atom stereocenters. The average molecular weight is 473 g/mol.